The molecular formula is C17H30N2O2. The van der Waals surface area contributed by atoms with Gasteiger partial charge in [0.1, 0.15) is 0 Å². The van der Waals surface area contributed by atoms with Gasteiger partial charge in [0.15, 0.2) is 0 Å². The highest BCUT2D eigenvalue weighted by molar-refractivity contribution is 5.84. The van der Waals surface area contributed by atoms with Gasteiger partial charge in [-0.15, -0.1) is 0 Å². The highest BCUT2D eigenvalue weighted by atomic mass is 16.2. The van der Waals surface area contributed by atoms with E-state index in [2.05, 4.69) is 5.32 Å². The van der Waals surface area contributed by atoms with E-state index in [1.54, 1.807) is 0 Å². The molecule has 0 spiro atoms. The molecule has 4 nitrogen and oxygen atoms in total. The third-order valence-electron chi connectivity index (χ3n) is 4.67. The average Bonchev–Trinajstić information content (AvgIpc) is 2.46. The molecule has 120 valence electrons. The summed E-state index contributed by atoms with van der Waals surface area (Å²) in [5.41, 5.74) is -0.359. The van der Waals surface area contributed by atoms with Gasteiger partial charge < -0.3 is 10.2 Å². The smallest absolute Gasteiger partial charge is 0.227 e. The van der Waals surface area contributed by atoms with Crippen molar-refractivity contribution in [1.29, 1.82) is 0 Å². The van der Waals surface area contributed by atoms with Gasteiger partial charge in [-0.25, -0.2) is 0 Å². The van der Waals surface area contributed by atoms with Gasteiger partial charge >= 0.3 is 0 Å². The van der Waals surface area contributed by atoms with Crippen LogP contribution in [-0.4, -0.2) is 35.8 Å². The molecule has 1 aliphatic heterocycles. The molecule has 0 unspecified atom stereocenters. The standard InChI is InChI=1S/C17H30N2O2/c1-17(2,3)16(21)19-11-7-8-13(12-19)15(20)18-14-9-5-4-6-10-14/h13-14H,4-12H2,1-3H3,(H,18,20)/t13-/m1/s1. The van der Waals surface area contributed by atoms with Gasteiger partial charge in [-0.05, 0) is 25.7 Å². The van der Waals surface area contributed by atoms with Gasteiger partial charge in [-0.3, -0.25) is 9.59 Å². The van der Waals surface area contributed by atoms with Crippen molar-refractivity contribution in [2.24, 2.45) is 11.3 Å². The van der Waals surface area contributed by atoms with Crippen molar-refractivity contribution in [2.45, 2.75) is 71.8 Å². The minimum absolute atomic E-state index is 0.0213. The van der Waals surface area contributed by atoms with Crippen LogP contribution in [0.15, 0.2) is 0 Å². The minimum Gasteiger partial charge on any atom is -0.353 e. The zero-order chi connectivity index (χ0) is 15.5. The predicted molar refractivity (Wildman–Crippen MR) is 83.8 cm³/mol. The SMILES string of the molecule is CC(C)(C)C(=O)N1CCC[C@@H](C(=O)NC2CCCCC2)C1. The number of hydrogen-bond acceptors (Lipinski definition) is 2. The number of piperidine rings is 1. The maximum Gasteiger partial charge on any atom is 0.227 e. The molecule has 2 rings (SSSR count). The molecule has 2 aliphatic rings. The second-order valence-corrected chi connectivity index (χ2v) is 7.68. The summed E-state index contributed by atoms with van der Waals surface area (Å²) < 4.78 is 0. The Labute approximate surface area is 128 Å². The van der Waals surface area contributed by atoms with Crippen LogP contribution in [0.2, 0.25) is 0 Å². The van der Waals surface area contributed by atoms with Crippen LogP contribution in [-0.2, 0) is 9.59 Å². The van der Waals surface area contributed by atoms with E-state index in [4.69, 9.17) is 0 Å². The van der Waals surface area contributed by atoms with Gasteiger partial charge in [0, 0.05) is 24.5 Å². The quantitative estimate of drug-likeness (QED) is 0.851. The van der Waals surface area contributed by atoms with Crippen LogP contribution in [0.1, 0.15) is 65.7 Å². The van der Waals surface area contributed by atoms with Gasteiger partial charge in [-0.2, -0.15) is 0 Å². The fourth-order valence-corrected chi connectivity index (χ4v) is 3.42. The van der Waals surface area contributed by atoms with Crippen LogP contribution >= 0.6 is 0 Å². The number of carbonyl (C=O) groups excluding carboxylic acids is 2. The van der Waals surface area contributed by atoms with Crippen LogP contribution < -0.4 is 5.32 Å². The first kappa shape index (κ1) is 16.3. The van der Waals surface area contributed by atoms with E-state index in [-0.39, 0.29) is 23.1 Å². The Morgan fingerprint density at radius 3 is 2.29 bits per heavy atom. The average molecular weight is 294 g/mol. The molecule has 0 aromatic heterocycles. The Hall–Kier alpha value is -1.06. The molecule has 4 heteroatoms. The zero-order valence-electron chi connectivity index (χ0n) is 13.8. The third kappa shape index (κ3) is 4.45. The molecule has 2 amide bonds. The largest absolute Gasteiger partial charge is 0.353 e. The fraction of sp³-hybridized carbons (Fsp3) is 0.882. The van der Waals surface area contributed by atoms with Crippen LogP contribution in [0.4, 0.5) is 0 Å². The highest BCUT2D eigenvalue weighted by Crippen LogP contribution is 2.24. The summed E-state index contributed by atoms with van der Waals surface area (Å²) in [6.45, 7) is 7.22. The zero-order valence-corrected chi connectivity index (χ0v) is 13.8. The van der Waals surface area contributed by atoms with Crippen molar-refractivity contribution in [3.63, 3.8) is 0 Å². The normalized spacial score (nSPS) is 24.7. The summed E-state index contributed by atoms with van der Waals surface area (Å²) in [7, 11) is 0. The summed E-state index contributed by atoms with van der Waals surface area (Å²) in [4.78, 5) is 26.7. The monoisotopic (exact) mass is 294 g/mol. The lowest BCUT2D eigenvalue weighted by molar-refractivity contribution is -0.142. The fourth-order valence-electron chi connectivity index (χ4n) is 3.42. The van der Waals surface area contributed by atoms with E-state index in [1.807, 2.05) is 25.7 Å². The third-order valence-corrected chi connectivity index (χ3v) is 4.67. The summed E-state index contributed by atoms with van der Waals surface area (Å²) >= 11 is 0. The molecule has 0 bridgehead atoms. The molecular weight excluding hydrogens is 264 g/mol. The molecule has 21 heavy (non-hydrogen) atoms. The van der Waals surface area contributed by atoms with Crippen LogP contribution in [0.5, 0.6) is 0 Å². The van der Waals surface area contributed by atoms with E-state index in [0.29, 0.717) is 12.6 Å². The Morgan fingerprint density at radius 1 is 1.00 bits per heavy atom. The number of hydrogen-bond donors (Lipinski definition) is 1. The first-order valence-electron chi connectivity index (χ1n) is 8.47. The van der Waals surface area contributed by atoms with E-state index < -0.39 is 0 Å². The van der Waals surface area contributed by atoms with Gasteiger partial charge in [0.25, 0.3) is 0 Å². The molecule has 1 N–H and O–H groups in total. The molecule has 1 saturated carbocycles. The summed E-state index contributed by atoms with van der Waals surface area (Å²) in [5.74, 6) is 0.304. The molecule has 1 atom stereocenters. The topological polar surface area (TPSA) is 49.4 Å². The molecule has 0 aromatic carbocycles. The molecule has 1 heterocycles. The Balaban J connectivity index is 1.88. The maximum atomic E-state index is 12.4. The number of likely N-dealkylation sites (tertiary alicyclic amines) is 1. The minimum atomic E-state index is -0.359. The van der Waals surface area contributed by atoms with Crippen molar-refractivity contribution < 1.29 is 9.59 Å². The first-order valence-corrected chi connectivity index (χ1v) is 8.47. The van der Waals surface area contributed by atoms with Gasteiger partial charge in [-0.1, -0.05) is 40.0 Å². The molecule has 0 aromatic rings. The lowest BCUT2D eigenvalue weighted by Gasteiger charge is -2.36. The number of nitrogens with one attached hydrogen (secondary N) is 1. The second kappa shape index (κ2) is 6.80. The van der Waals surface area contributed by atoms with E-state index >= 15 is 0 Å². The van der Waals surface area contributed by atoms with E-state index in [9.17, 15) is 9.59 Å². The predicted octanol–water partition coefficient (Wildman–Crippen LogP) is 2.72. The van der Waals surface area contributed by atoms with Crippen molar-refractivity contribution in [3.8, 4) is 0 Å². The summed E-state index contributed by atoms with van der Waals surface area (Å²) in [6.07, 6.45) is 7.82. The molecule has 1 saturated heterocycles. The van der Waals surface area contributed by atoms with Crippen LogP contribution in [0, 0.1) is 11.3 Å². The number of amides is 2. The van der Waals surface area contributed by atoms with Crippen molar-refractivity contribution >= 4 is 11.8 Å². The maximum absolute atomic E-state index is 12.4. The highest BCUT2D eigenvalue weighted by Gasteiger charge is 2.33. The number of carbonyl (C=O) groups is 2. The second-order valence-electron chi connectivity index (χ2n) is 7.68. The Bertz CT molecular complexity index is 381. The Kier molecular flexibility index (Phi) is 5.28. The van der Waals surface area contributed by atoms with Crippen LogP contribution in [0.3, 0.4) is 0 Å². The number of rotatable bonds is 2. The van der Waals surface area contributed by atoms with Gasteiger partial charge in [0.2, 0.25) is 11.8 Å². The van der Waals surface area contributed by atoms with E-state index in [0.717, 1.165) is 32.2 Å². The summed E-state index contributed by atoms with van der Waals surface area (Å²) in [5, 5.41) is 3.21. The van der Waals surface area contributed by atoms with Crippen molar-refractivity contribution in [2.75, 3.05) is 13.1 Å². The molecule has 2 fully saturated rings. The Morgan fingerprint density at radius 2 is 1.67 bits per heavy atom. The lowest BCUT2D eigenvalue weighted by atomic mass is 9.90. The lowest BCUT2D eigenvalue weighted by Crippen LogP contribution is -2.50. The molecule has 1 aliphatic carbocycles. The number of nitrogens with zero attached hydrogens (tertiary/aromatic N) is 1. The summed E-state index contributed by atoms with van der Waals surface area (Å²) in [6, 6.07) is 0.361. The van der Waals surface area contributed by atoms with Crippen molar-refractivity contribution in [3.05, 3.63) is 0 Å². The van der Waals surface area contributed by atoms with Crippen LogP contribution in [0.25, 0.3) is 0 Å². The molecule has 0 radical (unpaired) electrons. The van der Waals surface area contributed by atoms with Crippen molar-refractivity contribution in [1.82, 2.24) is 10.2 Å². The van der Waals surface area contributed by atoms with E-state index in [1.165, 1.54) is 19.3 Å². The first-order chi connectivity index (χ1) is 9.88. The van der Waals surface area contributed by atoms with Gasteiger partial charge in [0.05, 0.1) is 5.92 Å².